The average Bonchev–Trinajstić information content (AvgIpc) is 2.69. The predicted molar refractivity (Wildman–Crippen MR) is 78.8 cm³/mol. The maximum Gasteiger partial charge on any atom is 0.138 e. The SMILES string of the molecule is CNC(c1cncc(OC(C)C)c1)c1cc(C)nn1C. The minimum Gasteiger partial charge on any atom is -0.489 e. The summed E-state index contributed by atoms with van der Waals surface area (Å²) in [5, 5.41) is 7.71. The molecule has 1 atom stereocenters. The molecule has 2 rings (SSSR count). The first-order valence-corrected chi connectivity index (χ1v) is 6.80. The van der Waals surface area contributed by atoms with Crippen LogP contribution < -0.4 is 10.1 Å². The number of aryl methyl sites for hydroxylation is 2. The van der Waals surface area contributed by atoms with Gasteiger partial charge in [0.1, 0.15) is 5.75 Å². The van der Waals surface area contributed by atoms with Crippen molar-refractivity contribution in [3.05, 3.63) is 41.5 Å². The quantitative estimate of drug-likeness (QED) is 0.908. The lowest BCUT2D eigenvalue weighted by molar-refractivity contribution is 0.241. The van der Waals surface area contributed by atoms with Crippen LogP contribution in [0.3, 0.4) is 0 Å². The van der Waals surface area contributed by atoms with Crippen LogP contribution in [-0.4, -0.2) is 27.9 Å². The molecule has 0 saturated carbocycles. The smallest absolute Gasteiger partial charge is 0.138 e. The highest BCUT2D eigenvalue weighted by Crippen LogP contribution is 2.24. The maximum atomic E-state index is 5.71. The second-order valence-electron chi connectivity index (χ2n) is 5.18. The molecule has 108 valence electrons. The third-order valence-corrected chi connectivity index (χ3v) is 3.06. The topological polar surface area (TPSA) is 52.0 Å². The molecule has 0 radical (unpaired) electrons. The van der Waals surface area contributed by atoms with E-state index in [9.17, 15) is 0 Å². The van der Waals surface area contributed by atoms with Crippen LogP contribution in [0, 0.1) is 6.92 Å². The molecule has 20 heavy (non-hydrogen) atoms. The molecule has 0 saturated heterocycles. The summed E-state index contributed by atoms with van der Waals surface area (Å²) in [6.45, 7) is 6.01. The van der Waals surface area contributed by atoms with E-state index in [2.05, 4.69) is 21.5 Å². The van der Waals surface area contributed by atoms with Crippen LogP contribution >= 0.6 is 0 Å². The summed E-state index contributed by atoms with van der Waals surface area (Å²) in [6.07, 6.45) is 3.74. The number of aromatic nitrogens is 3. The molecule has 0 aliphatic carbocycles. The normalized spacial score (nSPS) is 12.7. The van der Waals surface area contributed by atoms with Crippen LogP contribution in [0.5, 0.6) is 5.75 Å². The standard InChI is InChI=1S/C15H22N4O/c1-10(2)20-13-7-12(8-17-9-13)15(16-4)14-6-11(3)18-19(14)5/h6-10,15-16H,1-5H3. The zero-order chi connectivity index (χ0) is 14.7. The fourth-order valence-corrected chi connectivity index (χ4v) is 2.32. The minimum atomic E-state index is 0.0458. The van der Waals surface area contributed by atoms with Crippen LogP contribution in [0.15, 0.2) is 24.5 Å². The molecule has 0 amide bonds. The Bertz CT molecular complexity index is 577. The molecular weight excluding hydrogens is 252 g/mol. The average molecular weight is 274 g/mol. The molecule has 0 aromatic carbocycles. The second-order valence-corrected chi connectivity index (χ2v) is 5.18. The van der Waals surface area contributed by atoms with Gasteiger partial charge < -0.3 is 10.1 Å². The molecule has 0 fully saturated rings. The van der Waals surface area contributed by atoms with E-state index < -0.39 is 0 Å². The Morgan fingerprint density at radius 3 is 2.55 bits per heavy atom. The van der Waals surface area contributed by atoms with Crippen LogP contribution in [0.25, 0.3) is 0 Å². The van der Waals surface area contributed by atoms with Gasteiger partial charge in [-0.3, -0.25) is 9.67 Å². The van der Waals surface area contributed by atoms with Crippen molar-refractivity contribution in [3.63, 3.8) is 0 Å². The van der Waals surface area contributed by atoms with Gasteiger partial charge in [-0.25, -0.2) is 0 Å². The van der Waals surface area contributed by atoms with Crippen molar-refractivity contribution in [2.75, 3.05) is 7.05 Å². The van der Waals surface area contributed by atoms with Gasteiger partial charge >= 0.3 is 0 Å². The first kappa shape index (κ1) is 14.5. The number of pyridine rings is 1. The summed E-state index contributed by atoms with van der Waals surface area (Å²) in [7, 11) is 3.89. The molecule has 1 N–H and O–H groups in total. The van der Waals surface area contributed by atoms with E-state index in [4.69, 9.17) is 4.74 Å². The molecule has 2 aromatic heterocycles. The number of hydrogen-bond donors (Lipinski definition) is 1. The van der Waals surface area contributed by atoms with Crippen LogP contribution in [-0.2, 0) is 7.05 Å². The van der Waals surface area contributed by atoms with E-state index in [0.717, 1.165) is 22.7 Å². The molecule has 1 unspecified atom stereocenters. The summed E-state index contributed by atoms with van der Waals surface area (Å²) < 4.78 is 7.60. The van der Waals surface area contributed by atoms with Gasteiger partial charge in [-0.15, -0.1) is 0 Å². The van der Waals surface area contributed by atoms with Crippen molar-refractivity contribution >= 4 is 0 Å². The van der Waals surface area contributed by atoms with E-state index in [1.54, 1.807) is 6.20 Å². The monoisotopic (exact) mass is 274 g/mol. The largest absolute Gasteiger partial charge is 0.489 e. The Morgan fingerprint density at radius 2 is 2.00 bits per heavy atom. The van der Waals surface area contributed by atoms with Gasteiger partial charge in [0.2, 0.25) is 0 Å². The highest BCUT2D eigenvalue weighted by molar-refractivity contribution is 5.32. The molecule has 0 aliphatic rings. The van der Waals surface area contributed by atoms with E-state index in [1.807, 2.05) is 51.8 Å². The lowest BCUT2D eigenvalue weighted by Crippen LogP contribution is -2.21. The van der Waals surface area contributed by atoms with E-state index in [0.29, 0.717) is 0 Å². The van der Waals surface area contributed by atoms with Crippen LogP contribution in [0.4, 0.5) is 0 Å². The van der Waals surface area contributed by atoms with Gasteiger partial charge in [0, 0.05) is 13.2 Å². The lowest BCUT2D eigenvalue weighted by atomic mass is 10.1. The molecule has 2 heterocycles. The van der Waals surface area contributed by atoms with Crippen LogP contribution in [0.1, 0.15) is 36.8 Å². The van der Waals surface area contributed by atoms with Crippen molar-refractivity contribution in [3.8, 4) is 5.75 Å². The van der Waals surface area contributed by atoms with Crippen molar-refractivity contribution in [1.82, 2.24) is 20.1 Å². The number of nitrogens with one attached hydrogen (secondary N) is 1. The Balaban J connectivity index is 2.34. The molecular formula is C15H22N4O. The second kappa shape index (κ2) is 6.05. The number of hydrogen-bond acceptors (Lipinski definition) is 4. The molecule has 0 bridgehead atoms. The van der Waals surface area contributed by atoms with Gasteiger partial charge in [0.15, 0.2) is 0 Å². The summed E-state index contributed by atoms with van der Waals surface area (Å²) in [6, 6.07) is 4.15. The van der Waals surface area contributed by atoms with Gasteiger partial charge in [-0.1, -0.05) is 0 Å². The Morgan fingerprint density at radius 1 is 1.25 bits per heavy atom. The van der Waals surface area contributed by atoms with Crippen molar-refractivity contribution in [2.24, 2.45) is 7.05 Å². The predicted octanol–water partition coefficient (Wildman–Crippen LogP) is 2.22. The molecule has 0 aliphatic heterocycles. The number of nitrogens with zero attached hydrogens (tertiary/aromatic N) is 3. The highest BCUT2D eigenvalue weighted by atomic mass is 16.5. The first-order chi connectivity index (χ1) is 9.51. The number of rotatable bonds is 5. The Hall–Kier alpha value is -1.88. The molecule has 5 nitrogen and oxygen atoms in total. The first-order valence-electron chi connectivity index (χ1n) is 6.80. The summed E-state index contributed by atoms with van der Waals surface area (Å²) >= 11 is 0. The molecule has 0 spiro atoms. The molecule has 5 heteroatoms. The Labute approximate surface area is 120 Å². The third kappa shape index (κ3) is 3.17. The summed E-state index contributed by atoms with van der Waals surface area (Å²) in [4.78, 5) is 4.27. The van der Waals surface area contributed by atoms with Crippen molar-refractivity contribution in [1.29, 1.82) is 0 Å². The third-order valence-electron chi connectivity index (χ3n) is 3.06. The summed E-state index contributed by atoms with van der Waals surface area (Å²) in [5.41, 5.74) is 3.17. The fraction of sp³-hybridized carbons (Fsp3) is 0.467. The van der Waals surface area contributed by atoms with E-state index in [-0.39, 0.29) is 12.1 Å². The van der Waals surface area contributed by atoms with E-state index in [1.165, 1.54) is 0 Å². The molecule has 2 aromatic rings. The van der Waals surface area contributed by atoms with Crippen LogP contribution in [0.2, 0.25) is 0 Å². The van der Waals surface area contributed by atoms with Crippen molar-refractivity contribution < 1.29 is 4.74 Å². The van der Waals surface area contributed by atoms with Crippen molar-refractivity contribution in [2.45, 2.75) is 32.9 Å². The van der Waals surface area contributed by atoms with E-state index >= 15 is 0 Å². The minimum absolute atomic E-state index is 0.0458. The zero-order valence-electron chi connectivity index (χ0n) is 12.7. The maximum absolute atomic E-state index is 5.71. The highest BCUT2D eigenvalue weighted by Gasteiger charge is 2.17. The fourth-order valence-electron chi connectivity index (χ4n) is 2.32. The van der Waals surface area contributed by atoms with Gasteiger partial charge in [-0.2, -0.15) is 5.10 Å². The lowest BCUT2D eigenvalue weighted by Gasteiger charge is -2.18. The number of ether oxygens (including phenoxy) is 1. The zero-order valence-corrected chi connectivity index (χ0v) is 12.7. The van der Waals surface area contributed by atoms with Gasteiger partial charge in [-0.05, 0) is 45.5 Å². The Kier molecular flexibility index (Phi) is 4.39. The van der Waals surface area contributed by atoms with Gasteiger partial charge in [0.25, 0.3) is 0 Å². The van der Waals surface area contributed by atoms with Gasteiger partial charge in [0.05, 0.1) is 29.7 Å². The summed E-state index contributed by atoms with van der Waals surface area (Å²) in [5.74, 6) is 0.789.